The Kier molecular flexibility index (Phi) is 3.92. The lowest BCUT2D eigenvalue weighted by Gasteiger charge is -2.11. The van der Waals surface area contributed by atoms with Crippen LogP contribution >= 0.6 is 0 Å². The second-order valence-corrected chi connectivity index (χ2v) is 4.15. The highest BCUT2D eigenvalue weighted by molar-refractivity contribution is 5.64. The van der Waals surface area contributed by atoms with Crippen molar-refractivity contribution in [2.75, 3.05) is 11.9 Å². The van der Waals surface area contributed by atoms with Crippen molar-refractivity contribution >= 4 is 5.82 Å². The number of aryl methyl sites for hydroxylation is 1. The molecule has 0 aliphatic heterocycles. The number of anilines is 1. The second kappa shape index (κ2) is 5.62. The summed E-state index contributed by atoms with van der Waals surface area (Å²) in [6, 6.07) is 1.99. The molecular weight excluding hydrogens is 226 g/mol. The van der Waals surface area contributed by atoms with Crippen molar-refractivity contribution in [3.8, 4) is 11.4 Å². The summed E-state index contributed by atoms with van der Waals surface area (Å²) in [7, 11) is 0. The second-order valence-electron chi connectivity index (χ2n) is 4.15. The molecule has 2 heterocycles. The van der Waals surface area contributed by atoms with E-state index in [1.54, 1.807) is 12.5 Å². The van der Waals surface area contributed by atoms with Crippen molar-refractivity contribution in [2.45, 2.75) is 33.7 Å². The Balaban J connectivity index is 2.39. The minimum absolute atomic E-state index is 0.837. The van der Waals surface area contributed by atoms with E-state index >= 15 is 0 Å². The average molecular weight is 245 g/mol. The van der Waals surface area contributed by atoms with Crippen LogP contribution in [0.15, 0.2) is 18.6 Å². The number of rotatable bonds is 5. The third-order valence-corrected chi connectivity index (χ3v) is 2.89. The van der Waals surface area contributed by atoms with E-state index in [0.29, 0.717) is 0 Å². The molecule has 0 radical (unpaired) electrons. The highest BCUT2D eigenvalue weighted by Crippen LogP contribution is 2.24. The van der Waals surface area contributed by atoms with Gasteiger partial charge in [0.25, 0.3) is 0 Å². The van der Waals surface area contributed by atoms with Crippen molar-refractivity contribution in [2.24, 2.45) is 0 Å². The minimum Gasteiger partial charge on any atom is -0.370 e. The van der Waals surface area contributed by atoms with Crippen LogP contribution in [0.25, 0.3) is 11.4 Å². The molecule has 18 heavy (non-hydrogen) atoms. The van der Waals surface area contributed by atoms with E-state index in [4.69, 9.17) is 0 Å². The summed E-state index contributed by atoms with van der Waals surface area (Å²) in [6.45, 7) is 8.01. The summed E-state index contributed by atoms with van der Waals surface area (Å²) in [6.07, 6.45) is 4.48. The minimum atomic E-state index is 0.837. The maximum absolute atomic E-state index is 4.39. The molecule has 2 rings (SSSR count). The molecule has 0 atom stereocenters. The normalized spacial score (nSPS) is 10.6. The fourth-order valence-corrected chi connectivity index (χ4v) is 1.92. The highest BCUT2D eigenvalue weighted by atomic mass is 15.3. The predicted molar refractivity (Wildman–Crippen MR) is 72.4 cm³/mol. The molecule has 96 valence electrons. The fourth-order valence-electron chi connectivity index (χ4n) is 1.92. The van der Waals surface area contributed by atoms with E-state index in [1.165, 1.54) is 0 Å². The Morgan fingerprint density at radius 2 is 2.11 bits per heavy atom. The van der Waals surface area contributed by atoms with Crippen LogP contribution in [-0.2, 0) is 6.54 Å². The predicted octanol–water partition coefficient (Wildman–Crippen LogP) is 2.49. The van der Waals surface area contributed by atoms with Gasteiger partial charge in [0.15, 0.2) is 0 Å². The van der Waals surface area contributed by atoms with E-state index in [9.17, 15) is 0 Å². The Hall–Kier alpha value is -1.91. The van der Waals surface area contributed by atoms with Crippen LogP contribution in [0.3, 0.4) is 0 Å². The van der Waals surface area contributed by atoms with Gasteiger partial charge in [-0.3, -0.25) is 4.68 Å². The van der Waals surface area contributed by atoms with E-state index in [1.807, 2.05) is 17.7 Å². The van der Waals surface area contributed by atoms with Crippen LogP contribution in [-0.4, -0.2) is 26.3 Å². The third kappa shape index (κ3) is 2.34. The van der Waals surface area contributed by atoms with Crippen molar-refractivity contribution in [3.63, 3.8) is 0 Å². The number of hydrogen-bond donors (Lipinski definition) is 1. The van der Waals surface area contributed by atoms with Gasteiger partial charge in [-0.05, 0) is 26.3 Å². The number of hydrogen-bond acceptors (Lipinski definition) is 4. The van der Waals surface area contributed by atoms with Crippen molar-refractivity contribution in [3.05, 3.63) is 24.2 Å². The van der Waals surface area contributed by atoms with Gasteiger partial charge in [-0.15, -0.1) is 0 Å². The first-order chi connectivity index (χ1) is 8.77. The molecule has 0 saturated heterocycles. The van der Waals surface area contributed by atoms with Crippen molar-refractivity contribution in [1.29, 1.82) is 0 Å². The monoisotopic (exact) mass is 245 g/mol. The van der Waals surface area contributed by atoms with Crippen LogP contribution in [0.4, 0.5) is 5.82 Å². The van der Waals surface area contributed by atoms with Crippen molar-refractivity contribution < 1.29 is 0 Å². The van der Waals surface area contributed by atoms with E-state index in [2.05, 4.69) is 34.2 Å². The summed E-state index contributed by atoms with van der Waals surface area (Å²) in [5.41, 5.74) is 3.06. The zero-order valence-corrected chi connectivity index (χ0v) is 11.1. The quantitative estimate of drug-likeness (QED) is 0.879. The van der Waals surface area contributed by atoms with Crippen LogP contribution in [0.5, 0.6) is 0 Å². The summed E-state index contributed by atoms with van der Waals surface area (Å²) >= 11 is 0. The van der Waals surface area contributed by atoms with Crippen LogP contribution < -0.4 is 5.32 Å². The average Bonchev–Trinajstić information content (AvgIpc) is 2.85. The Labute approximate surface area is 107 Å². The fraction of sp³-hybridized carbons (Fsp3) is 0.462. The zero-order chi connectivity index (χ0) is 13.0. The highest BCUT2D eigenvalue weighted by Gasteiger charge is 2.12. The topological polar surface area (TPSA) is 55.6 Å². The van der Waals surface area contributed by atoms with Gasteiger partial charge in [-0.1, -0.05) is 6.92 Å². The van der Waals surface area contributed by atoms with Gasteiger partial charge in [-0.25, -0.2) is 9.97 Å². The summed E-state index contributed by atoms with van der Waals surface area (Å²) in [5, 5.41) is 7.60. The number of aromatic nitrogens is 4. The lowest BCUT2D eigenvalue weighted by atomic mass is 10.2. The first-order valence-corrected chi connectivity index (χ1v) is 6.35. The Morgan fingerprint density at radius 1 is 1.28 bits per heavy atom. The Morgan fingerprint density at radius 3 is 2.83 bits per heavy atom. The molecule has 1 N–H and O–H groups in total. The first kappa shape index (κ1) is 12.5. The van der Waals surface area contributed by atoms with Gasteiger partial charge in [0.2, 0.25) is 0 Å². The molecule has 5 heteroatoms. The summed E-state index contributed by atoms with van der Waals surface area (Å²) in [4.78, 5) is 8.68. The molecule has 0 amide bonds. The van der Waals surface area contributed by atoms with E-state index in [0.717, 1.165) is 42.3 Å². The van der Waals surface area contributed by atoms with E-state index in [-0.39, 0.29) is 0 Å². The molecule has 2 aromatic heterocycles. The van der Waals surface area contributed by atoms with E-state index < -0.39 is 0 Å². The SMILES string of the molecule is CCCNc1ncnc(-c2ccnn2CC)c1C. The summed E-state index contributed by atoms with van der Waals surface area (Å²) in [5.74, 6) is 0.908. The molecule has 0 unspecified atom stereocenters. The molecule has 0 aliphatic rings. The standard InChI is InChI=1S/C13H19N5/c1-4-7-14-13-10(3)12(15-9-16-13)11-6-8-17-18(11)5-2/h6,8-9H,4-5,7H2,1-3H3,(H,14,15,16). The summed E-state index contributed by atoms with van der Waals surface area (Å²) < 4.78 is 1.94. The van der Waals surface area contributed by atoms with Gasteiger partial charge in [0.1, 0.15) is 12.1 Å². The van der Waals surface area contributed by atoms with Crippen LogP contribution in [0.2, 0.25) is 0 Å². The largest absolute Gasteiger partial charge is 0.370 e. The maximum atomic E-state index is 4.39. The van der Waals surface area contributed by atoms with Gasteiger partial charge in [0, 0.05) is 24.8 Å². The molecule has 0 aromatic carbocycles. The van der Waals surface area contributed by atoms with Crippen LogP contribution in [0, 0.1) is 6.92 Å². The molecule has 0 spiro atoms. The first-order valence-electron chi connectivity index (χ1n) is 6.35. The zero-order valence-electron chi connectivity index (χ0n) is 11.1. The number of nitrogens with one attached hydrogen (secondary N) is 1. The van der Waals surface area contributed by atoms with Crippen molar-refractivity contribution in [1.82, 2.24) is 19.7 Å². The van der Waals surface area contributed by atoms with Gasteiger partial charge < -0.3 is 5.32 Å². The molecule has 0 saturated carbocycles. The molecule has 2 aromatic rings. The van der Waals surface area contributed by atoms with Crippen LogP contribution in [0.1, 0.15) is 25.8 Å². The lowest BCUT2D eigenvalue weighted by molar-refractivity contribution is 0.665. The lowest BCUT2D eigenvalue weighted by Crippen LogP contribution is -2.07. The van der Waals surface area contributed by atoms with Gasteiger partial charge in [-0.2, -0.15) is 5.10 Å². The maximum Gasteiger partial charge on any atom is 0.132 e. The van der Waals surface area contributed by atoms with Gasteiger partial charge in [0.05, 0.1) is 11.4 Å². The Bertz CT molecular complexity index is 518. The number of nitrogens with zero attached hydrogens (tertiary/aromatic N) is 4. The molecule has 0 bridgehead atoms. The molecule has 5 nitrogen and oxygen atoms in total. The molecular formula is C13H19N5. The van der Waals surface area contributed by atoms with Gasteiger partial charge >= 0.3 is 0 Å². The third-order valence-electron chi connectivity index (χ3n) is 2.89. The molecule has 0 fully saturated rings. The smallest absolute Gasteiger partial charge is 0.132 e. The molecule has 0 aliphatic carbocycles.